The Morgan fingerprint density at radius 3 is 2.88 bits per heavy atom. The lowest BCUT2D eigenvalue weighted by Crippen LogP contribution is -2.30. The largest absolute Gasteiger partial charge is 0.390 e. The first-order valence-electron chi connectivity index (χ1n) is 6.17. The summed E-state index contributed by atoms with van der Waals surface area (Å²) in [6, 6.07) is 0. The number of thiophene rings is 1. The summed E-state index contributed by atoms with van der Waals surface area (Å²) < 4.78 is 0. The maximum absolute atomic E-state index is 12.1. The van der Waals surface area contributed by atoms with E-state index in [4.69, 9.17) is 5.73 Å². The fourth-order valence-corrected chi connectivity index (χ4v) is 3.97. The van der Waals surface area contributed by atoms with E-state index in [2.05, 4.69) is 19.2 Å². The van der Waals surface area contributed by atoms with E-state index in [0.717, 1.165) is 18.4 Å². The highest BCUT2D eigenvalue weighted by atomic mass is 32.1. The van der Waals surface area contributed by atoms with Crippen LogP contribution in [0.4, 0.5) is 5.00 Å². The number of carbonyl (C=O) groups excluding carboxylic acids is 1. The topological polar surface area (TPSA) is 55.1 Å². The summed E-state index contributed by atoms with van der Waals surface area (Å²) in [6.07, 6.45) is 3.38. The van der Waals surface area contributed by atoms with Crippen LogP contribution in [-0.4, -0.2) is 12.5 Å². The minimum Gasteiger partial charge on any atom is -0.390 e. The summed E-state index contributed by atoms with van der Waals surface area (Å²) in [5.74, 6) is -0.0162. The Morgan fingerprint density at radius 2 is 2.24 bits per heavy atom. The maximum Gasteiger partial charge on any atom is 0.254 e. The van der Waals surface area contributed by atoms with Gasteiger partial charge in [-0.15, -0.1) is 11.3 Å². The van der Waals surface area contributed by atoms with E-state index < -0.39 is 0 Å². The summed E-state index contributed by atoms with van der Waals surface area (Å²) in [5, 5.41) is 3.54. The number of nitrogens with one attached hydrogen (secondary N) is 1. The molecule has 0 atom stereocenters. The molecule has 2 rings (SSSR count). The lowest BCUT2D eigenvalue weighted by atomic mass is 9.74. The Balaban J connectivity index is 2.53. The molecule has 0 saturated heterocycles. The van der Waals surface area contributed by atoms with E-state index in [1.165, 1.54) is 16.9 Å². The van der Waals surface area contributed by atoms with E-state index in [0.29, 0.717) is 11.5 Å². The van der Waals surface area contributed by atoms with E-state index >= 15 is 0 Å². The molecule has 1 aliphatic carbocycles. The minimum atomic E-state index is -0.0162. The second kappa shape index (κ2) is 4.33. The average Bonchev–Trinajstić information content (AvgIpc) is 2.56. The molecule has 17 heavy (non-hydrogen) atoms. The first-order chi connectivity index (χ1) is 7.97. The zero-order valence-electron chi connectivity index (χ0n) is 10.7. The zero-order valence-corrected chi connectivity index (χ0v) is 11.5. The van der Waals surface area contributed by atoms with Crippen molar-refractivity contribution in [2.24, 2.45) is 0 Å². The summed E-state index contributed by atoms with van der Waals surface area (Å²) in [6.45, 7) is 6.99. The number of nitrogen functional groups attached to an aromatic ring is 1. The van der Waals surface area contributed by atoms with Crippen LogP contribution in [-0.2, 0) is 11.8 Å². The third-order valence-electron chi connectivity index (χ3n) is 3.46. The lowest BCUT2D eigenvalue weighted by Gasteiger charge is -2.31. The second-order valence-corrected chi connectivity index (χ2v) is 6.37. The molecule has 0 saturated carbocycles. The maximum atomic E-state index is 12.1. The number of rotatable bonds is 2. The van der Waals surface area contributed by atoms with Crippen molar-refractivity contribution >= 4 is 22.2 Å². The minimum absolute atomic E-state index is 0.0162. The van der Waals surface area contributed by atoms with Crippen molar-refractivity contribution in [1.29, 1.82) is 0 Å². The van der Waals surface area contributed by atoms with Crippen LogP contribution in [0, 0.1) is 0 Å². The molecule has 4 heteroatoms. The monoisotopic (exact) mass is 252 g/mol. The number of aryl methyl sites for hydroxylation is 1. The molecule has 0 bridgehead atoms. The van der Waals surface area contributed by atoms with Gasteiger partial charge in [-0.05, 0) is 37.2 Å². The van der Waals surface area contributed by atoms with Crippen molar-refractivity contribution in [3.05, 3.63) is 16.0 Å². The van der Waals surface area contributed by atoms with Gasteiger partial charge in [0.2, 0.25) is 0 Å². The Morgan fingerprint density at radius 1 is 1.53 bits per heavy atom. The van der Waals surface area contributed by atoms with Crippen LogP contribution in [0.15, 0.2) is 0 Å². The van der Waals surface area contributed by atoms with Crippen molar-refractivity contribution in [1.82, 2.24) is 5.32 Å². The van der Waals surface area contributed by atoms with Crippen LogP contribution in [0.3, 0.4) is 0 Å². The first-order valence-corrected chi connectivity index (χ1v) is 6.99. The third-order valence-corrected chi connectivity index (χ3v) is 4.53. The van der Waals surface area contributed by atoms with Gasteiger partial charge in [-0.1, -0.05) is 13.8 Å². The Bertz CT molecular complexity index is 449. The Kier molecular flexibility index (Phi) is 3.17. The van der Waals surface area contributed by atoms with Crippen molar-refractivity contribution in [2.75, 3.05) is 12.3 Å². The van der Waals surface area contributed by atoms with Crippen LogP contribution < -0.4 is 11.1 Å². The Labute approximate surface area is 106 Å². The van der Waals surface area contributed by atoms with Gasteiger partial charge in [0.05, 0.1) is 10.6 Å². The smallest absolute Gasteiger partial charge is 0.254 e. The van der Waals surface area contributed by atoms with Crippen molar-refractivity contribution in [3.8, 4) is 0 Å². The standard InChI is InChI=1S/C13H20N2OS/c1-4-15-12(16)9-10-8(17-11(9)14)6-5-7-13(10,2)3/h4-7,14H2,1-3H3,(H,15,16). The van der Waals surface area contributed by atoms with Crippen molar-refractivity contribution in [2.45, 2.75) is 45.4 Å². The first kappa shape index (κ1) is 12.4. The summed E-state index contributed by atoms with van der Waals surface area (Å²) >= 11 is 1.59. The quantitative estimate of drug-likeness (QED) is 0.850. The molecule has 0 fully saturated rings. The number of anilines is 1. The van der Waals surface area contributed by atoms with Gasteiger partial charge >= 0.3 is 0 Å². The van der Waals surface area contributed by atoms with Crippen molar-refractivity contribution < 1.29 is 4.79 Å². The van der Waals surface area contributed by atoms with Crippen LogP contribution in [0.2, 0.25) is 0 Å². The van der Waals surface area contributed by atoms with Gasteiger partial charge in [0, 0.05) is 11.4 Å². The lowest BCUT2D eigenvalue weighted by molar-refractivity contribution is 0.0954. The molecule has 3 N–H and O–H groups in total. The predicted octanol–water partition coefficient (Wildman–Crippen LogP) is 2.69. The summed E-state index contributed by atoms with van der Waals surface area (Å²) in [4.78, 5) is 13.4. The molecule has 0 unspecified atom stereocenters. The van der Waals surface area contributed by atoms with Gasteiger partial charge in [0.15, 0.2) is 0 Å². The molecule has 0 aromatic carbocycles. The third kappa shape index (κ3) is 2.06. The molecule has 3 nitrogen and oxygen atoms in total. The number of hydrogen-bond acceptors (Lipinski definition) is 3. The molecule has 1 aromatic heterocycles. The second-order valence-electron chi connectivity index (χ2n) is 5.24. The number of carbonyl (C=O) groups is 1. The Hall–Kier alpha value is -1.03. The average molecular weight is 252 g/mol. The fraction of sp³-hybridized carbons (Fsp3) is 0.615. The van der Waals surface area contributed by atoms with Gasteiger partial charge in [-0.25, -0.2) is 0 Å². The molecule has 1 amide bonds. The molecule has 0 spiro atoms. The molecular formula is C13H20N2OS. The molecule has 1 aromatic rings. The normalized spacial score (nSPS) is 17.6. The molecule has 94 valence electrons. The van der Waals surface area contributed by atoms with Gasteiger partial charge in [-0.3, -0.25) is 4.79 Å². The molecule has 1 heterocycles. The van der Waals surface area contributed by atoms with Gasteiger partial charge < -0.3 is 11.1 Å². The summed E-state index contributed by atoms with van der Waals surface area (Å²) in [5.41, 5.74) is 8.03. The van der Waals surface area contributed by atoms with E-state index in [-0.39, 0.29) is 11.3 Å². The number of nitrogens with two attached hydrogens (primary N) is 1. The highest BCUT2D eigenvalue weighted by molar-refractivity contribution is 7.16. The number of fused-ring (bicyclic) bond motifs is 1. The summed E-state index contributed by atoms with van der Waals surface area (Å²) in [7, 11) is 0. The molecular weight excluding hydrogens is 232 g/mol. The zero-order chi connectivity index (χ0) is 12.6. The van der Waals surface area contributed by atoms with Crippen molar-refractivity contribution in [3.63, 3.8) is 0 Å². The van der Waals surface area contributed by atoms with Crippen LogP contribution >= 0.6 is 11.3 Å². The highest BCUT2D eigenvalue weighted by Gasteiger charge is 2.35. The van der Waals surface area contributed by atoms with E-state index in [1.807, 2.05) is 6.92 Å². The van der Waals surface area contributed by atoms with E-state index in [1.54, 1.807) is 11.3 Å². The van der Waals surface area contributed by atoms with Gasteiger partial charge in [0.25, 0.3) is 5.91 Å². The van der Waals surface area contributed by atoms with E-state index in [9.17, 15) is 4.79 Å². The van der Waals surface area contributed by atoms with Crippen LogP contribution in [0.5, 0.6) is 0 Å². The predicted molar refractivity (Wildman–Crippen MR) is 72.7 cm³/mol. The number of hydrogen-bond donors (Lipinski definition) is 2. The molecule has 0 aliphatic heterocycles. The molecule has 1 aliphatic rings. The SMILES string of the molecule is CCNC(=O)c1c(N)sc2c1C(C)(C)CCC2. The highest BCUT2D eigenvalue weighted by Crippen LogP contribution is 2.45. The fourth-order valence-electron chi connectivity index (χ4n) is 2.68. The van der Waals surface area contributed by atoms with Gasteiger partial charge in [0.1, 0.15) is 0 Å². The number of amides is 1. The van der Waals surface area contributed by atoms with Gasteiger partial charge in [-0.2, -0.15) is 0 Å². The van der Waals surface area contributed by atoms with Crippen LogP contribution in [0.25, 0.3) is 0 Å². The molecule has 0 radical (unpaired) electrons. The van der Waals surface area contributed by atoms with Crippen LogP contribution in [0.1, 0.15) is 54.4 Å².